The maximum Gasteiger partial charge on any atom is 0.261 e. The number of hydrogen-bond acceptors (Lipinski definition) is 3. The smallest absolute Gasteiger partial charge is 0.261 e. The highest BCUT2D eigenvalue weighted by molar-refractivity contribution is 7.18. The molecule has 1 aromatic carbocycles. The molecule has 2 aromatic rings. The van der Waals surface area contributed by atoms with Gasteiger partial charge in [-0.25, -0.2) is 4.39 Å². The number of benzene rings is 1. The van der Waals surface area contributed by atoms with Gasteiger partial charge in [-0.15, -0.1) is 11.3 Å². The van der Waals surface area contributed by atoms with Gasteiger partial charge in [0.25, 0.3) is 11.8 Å². The van der Waals surface area contributed by atoms with Crippen LogP contribution in [0.5, 0.6) is 0 Å². The highest BCUT2D eigenvalue weighted by Gasteiger charge is 2.20. The summed E-state index contributed by atoms with van der Waals surface area (Å²) < 4.78 is 13.1. The van der Waals surface area contributed by atoms with Gasteiger partial charge in [0, 0.05) is 6.04 Å². The summed E-state index contributed by atoms with van der Waals surface area (Å²) in [6, 6.07) is 5.61. The number of rotatable bonds is 4. The number of hydrogen-bond donors (Lipinski definition) is 2. The van der Waals surface area contributed by atoms with E-state index in [1.807, 2.05) is 6.92 Å². The Bertz CT molecular complexity index is 831. The molecule has 0 radical (unpaired) electrons. The average molecular weight is 395 g/mol. The first kappa shape index (κ1) is 18.9. The zero-order valence-corrected chi connectivity index (χ0v) is 16.0. The minimum absolute atomic E-state index is 0.0473. The van der Waals surface area contributed by atoms with Gasteiger partial charge in [-0.1, -0.05) is 30.9 Å². The maximum absolute atomic E-state index is 13.1. The number of thiophene rings is 1. The molecule has 1 heterocycles. The lowest BCUT2D eigenvalue weighted by molar-refractivity contribution is 0.0930. The maximum atomic E-state index is 13.1. The molecule has 0 aliphatic heterocycles. The average Bonchev–Trinajstić information content (AvgIpc) is 2.96. The second-order valence-corrected chi connectivity index (χ2v) is 7.97. The first-order valence-corrected chi connectivity index (χ1v) is 9.81. The van der Waals surface area contributed by atoms with Crippen LogP contribution in [-0.2, 0) is 0 Å². The normalized spacial score (nSPS) is 14.9. The van der Waals surface area contributed by atoms with Crippen molar-refractivity contribution in [1.29, 1.82) is 0 Å². The first-order chi connectivity index (χ1) is 12.4. The predicted molar refractivity (Wildman–Crippen MR) is 103 cm³/mol. The van der Waals surface area contributed by atoms with E-state index >= 15 is 0 Å². The molecule has 0 saturated heterocycles. The Morgan fingerprint density at radius 2 is 1.88 bits per heavy atom. The second-order valence-electron chi connectivity index (χ2n) is 6.51. The summed E-state index contributed by atoms with van der Waals surface area (Å²) in [5.41, 5.74) is 0.996. The number of anilines is 1. The van der Waals surface area contributed by atoms with Crippen LogP contribution < -0.4 is 10.6 Å². The molecule has 138 valence electrons. The quantitative estimate of drug-likeness (QED) is 0.752. The lowest BCUT2D eigenvalue weighted by Gasteiger charge is -2.22. The van der Waals surface area contributed by atoms with Crippen molar-refractivity contribution < 1.29 is 14.0 Å². The Morgan fingerprint density at radius 1 is 1.15 bits per heavy atom. The molecule has 1 aliphatic carbocycles. The van der Waals surface area contributed by atoms with Crippen LogP contribution in [0.4, 0.5) is 9.39 Å². The van der Waals surface area contributed by atoms with Crippen molar-refractivity contribution in [1.82, 2.24) is 5.32 Å². The molecule has 7 heteroatoms. The fourth-order valence-electron chi connectivity index (χ4n) is 3.12. The molecule has 2 amide bonds. The number of amides is 2. The molecular formula is C19H20ClFN2O2S. The summed E-state index contributed by atoms with van der Waals surface area (Å²) in [6.07, 6.45) is 5.56. The summed E-state index contributed by atoms with van der Waals surface area (Å²) in [6.45, 7) is 1.84. The molecule has 0 spiro atoms. The zero-order valence-electron chi connectivity index (χ0n) is 14.4. The molecule has 1 aromatic heterocycles. The SMILES string of the molecule is Cc1cc(NC(=O)c2ccc(F)cc2Cl)sc1C(=O)NC1CCCCC1. The van der Waals surface area contributed by atoms with E-state index in [1.54, 1.807) is 6.07 Å². The Hall–Kier alpha value is -1.92. The van der Waals surface area contributed by atoms with Crippen molar-refractivity contribution in [3.05, 3.63) is 51.1 Å². The van der Waals surface area contributed by atoms with Crippen molar-refractivity contribution in [3.63, 3.8) is 0 Å². The highest BCUT2D eigenvalue weighted by atomic mass is 35.5. The molecule has 0 bridgehead atoms. The van der Waals surface area contributed by atoms with E-state index in [-0.39, 0.29) is 22.5 Å². The summed E-state index contributed by atoms with van der Waals surface area (Å²) in [5, 5.41) is 6.42. The minimum Gasteiger partial charge on any atom is -0.349 e. The van der Waals surface area contributed by atoms with Crippen molar-refractivity contribution in [2.75, 3.05) is 5.32 Å². The third-order valence-electron chi connectivity index (χ3n) is 4.48. The molecule has 1 saturated carbocycles. The van der Waals surface area contributed by atoms with Gasteiger partial charge in [-0.3, -0.25) is 9.59 Å². The van der Waals surface area contributed by atoms with E-state index in [2.05, 4.69) is 10.6 Å². The lowest BCUT2D eigenvalue weighted by atomic mass is 9.95. The molecule has 4 nitrogen and oxygen atoms in total. The van der Waals surface area contributed by atoms with Gasteiger partial charge in [0.15, 0.2) is 0 Å². The van der Waals surface area contributed by atoms with Gasteiger partial charge in [0.1, 0.15) is 5.82 Å². The van der Waals surface area contributed by atoms with Crippen LogP contribution in [-0.4, -0.2) is 17.9 Å². The third kappa shape index (κ3) is 4.43. The van der Waals surface area contributed by atoms with Crippen LogP contribution in [0, 0.1) is 12.7 Å². The number of carbonyl (C=O) groups excluding carboxylic acids is 2. The molecule has 1 aliphatic rings. The predicted octanol–water partition coefficient (Wildman–Crippen LogP) is 5.16. The molecule has 1 fully saturated rings. The highest BCUT2D eigenvalue weighted by Crippen LogP contribution is 2.28. The fourth-order valence-corrected chi connectivity index (χ4v) is 4.34. The molecule has 2 N–H and O–H groups in total. The summed E-state index contributed by atoms with van der Waals surface area (Å²) >= 11 is 7.15. The van der Waals surface area contributed by atoms with Crippen molar-refractivity contribution >= 4 is 39.8 Å². The van der Waals surface area contributed by atoms with Crippen LogP contribution in [0.2, 0.25) is 5.02 Å². The molecular weight excluding hydrogens is 375 g/mol. The summed E-state index contributed by atoms with van der Waals surface area (Å²) in [5.74, 6) is -1.03. The van der Waals surface area contributed by atoms with E-state index in [0.29, 0.717) is 9.88 Å². The summed E-state index contributed by atoms with van der Waals surface area (Å²) in [4.78, 5) is 25.5. The van der Waals surface area contributed by atoms with E-state index in [4.69, 9.17) is 11.6 Å². The zero-order chi connectivity index (χ0) is 18.7. The third-order valence-corrected chi connectivity index (χ3v) is 5.94. The fraction of sp³-hybridized carbons (Fsp3) is 0.368. The Balaban J connectivity index is 1.69. The van der Waals surface area contributed by atoms with Crippen LogP contribution >= 0.6 is 22.9 Å². The van der Waals surface area contributed by atoms with Crippen LogP contribution in [0.25, 0.3) is 0 Å². The van der Waals surface area contributed by atoms with E-state index in [1.165, 1.54) is 29.9 Å². The van der Waals surface area contributed by atoms with Crippen LogP contribution in [0.1, 0.15) is 57.7 Å². The number of nitrogens with one attached hydrogen (secondary N) is 2. The van der Waals surface area contributed by atoms with Crippen molar-refractivity contribution in [2.24, 2.45) is 0 Å². The lowest BCUT2D eigenvalue weighted by Crippen LogP contribution is -2.36. The van der Waals surface area contributed by atoms with E-state index < -0.39 is 11.7 Å². The van der Waals surface area contributed by atoms with Gasteiger partial charge < -0.3 is 10.6 Å². The Kier molecular flexibility index (Phi) is 5.94. The van der Waals surface area contributed by atoms with Gasteiger partial charge in [0.05, 0.1) is 20.5 Å². The standard InChI is InChI=1S/C19H20ClFN2O2S/c1-11-9-16(23-18(24)14-8-7-12(21)10-15(14)20)26-17(11)19(25)22-13-5-3-2-4-6-13/h7-10,13H,2-6H2,1H3,(H,22,25)(H,23,24). The van der Waals surface area contributed by atoms with Gasteiger partial charge in [-0.05, 0) is 49.6 Å². The molecule has 3 rings (SSSR count). The van der Waals surface area contributed by atoms with Gasteiger partial charge >= 0.3 is 0 Å². The van der Waals surface area contributed by atoms with Crippen LogP contribution in [0.15, 0.2) is 24.3 Å². The number of aryl methyl sites for hydroxylation is 1. The van der Waals surface area contributed by atoms with Crippen LogP contribution in [0.3, 0.4) is 0 Å². The van der Waals surface area contributed by atoms with Gasteiger partial charge in [0.2, 0.25) is 0 Å². The topological polar surface area (TPSA) is 58.2 Å². The van der Waals surface area contributed by atoms with E-state index in [9.17, 15) is 14.0 Å². The largest absolute Gasteiger partial charge is 0.349 e. The summed E-state index contributed by atoms with van der Waals surface area (Å²) in [7, 11) is 0. The number of halogens is 2. The van der Waals surface area contributed by atoms with Gasteiger partial charge in [-0.2, -0.15) is 0 Å². The van der Waals surface area contributed by atoms with E-state index in [0.717, 1.165) is 37.3 Å². The molecule has 0 unspecified atom stereocenters. The van der Waals surface area contributed by atoms with Crippen molar-refractivity contribution in [2.45, 2.75) is 45.1 Å². The molecule has 26 heavy (non-hydrogen) atoms. The number of carbonyl (C=O) groups is 2. The second kappa shape index (κ2) is 8.18. The monoisotopic (exact) mass is 394 g/mol. The van der Waals surface area contributed by atoms with Crippen molar-refractivity contribution in [3.8, 4) is 0 Å². The molecule has 0 atom stereocenters. The minimum atomic E-state index is -0.500. The Morgan fingerprint density at radius 3 is 2.58 bits per heavy atom. The Labute approximate surface area is 160 Å². The first-order valence-electron chi connectivity index (χ1n) is 8.62.